The Balaban J connectivity index is 1.21. The van der Waals surface area contributed by atoms with E-state index in [4.69, 9.17) is 16.9 Å². The molecule has 0 radical (unpaired) electrons. The van der Waals surface area contributed by atoms with Gasteiger partial charge in [0.25, 0.3) is 5.91 Å². The Morgan fingerprint density at radius 3 is 2.47 bits per heavy atom. The highest BCUT2D eigenvalue weighted by Gasteiger charge is 2.30. The number of benzene rings is 2. The van der Waals surface area contributed by atoms with E-state index in [1.54, 1.807) is 30.5 Å². The highest BCUT2D eigenvalue weighted by atomic mass is 35.5. The molecule has 2 N–H and O–H groups in total. The first kappa shape index (κ1) is 25.5. The van der Waals surface area contributed by atoms with Crippen molar-refractivity contribution < 1.29 is 9.59 Å². The zero-order valence-electron chi connectivity index (χ0n) is 20.9. The van der Waals surface area contributed by atoms with E-state index >= 15 is 0 Å². The van der Waals surface area contributed by atoms with E-state index in [0.717, 1.165) is 55.8 Å². The van der Waals surface area contributed by atoms with E-state index in [2.05, 4.69) is 42.5 Å². The smallest absolute Gasteiger partial charge is 0.252 e. The number of carbonyl (C=O) groups is 2. The van der Waals surface area contributed by atoms with Gasteiger partial charge in [0.15, 0.2) is 0 Å². The van der Waals surface area contributed by atoms with Crippen LogP contribution in [0.1, 0.15) is 36.0 Å². The second-order valence-corrected chi connectivity index (χ2v) is 9.80. The molecule has 2 fully saturated rings. The third-order valence-electron chi connectivity index (χ3n) is 7.00. The van der Waals surface area contributed by atoms with Gasteiger partial charge < -0.3 is 20.4 Å². The lowest BCUT2D eigenvalue weighted by atomic mass is 10.0. The lowest BCUT2D eigenvalue weighted by Gasteiger charge is -2.37. The number of aromatic nitrogens is 2. The minimum Gasteiger partial charge on any atom is -0.371 e. The van der Waals surface area contributed by atoms with Crippen molar-refractivity contribution in [2.45, 2.75) is 31.7 Å². The van der Waals surface area contributed by atoms with E-state index in [1.165, 1.54) is 0 Å². The lowest BCUT2D eigenvalue weighted by molar-refractivity contribution is -0.130. The molecule has 0 bridgehead atoms. The van der Waals surface area contributed by atoms with Crippen molar-refractivity contribution in [3.63, 3.8) is 0 Å². The largest absolute Gasteiger partial charge is 0.371 e. The quantitative estimate of drug-likeness (QED) is 0.436. The summed E-state index contributed by atoms with van der Waals surface area (Å²) in [5.41, 5.74) is 3.74. The minimum atomic E-state index is -0.316. The predicted molar refractivity (Wildman–Crippen MR) is 146 cm³/mol. The SMILES string of the molecule is N#CCNC(=O)c1ccc(-c2nc(Nc3ccc(N4CCC(N5CCCC5=O)CC4)cc3)ncc2Cl)cc1. The highest BCUT2D eigenvalue weighted by Crippen LogP contribution is 2.29. The average molecular weight is 530 g/mol. The number of likely N-dealkylation sites (tertiary alicyclic amines) is 1. The maximum atomic E-state index is 12.1. The van der Waals surface area contributed by atoms with E-state index < -0.39 is 0 Å². The lowest BCUT2D eigenvalue weighted by Crippen LogP contribution is -2.45. The van der Waals surface area contributed by atoms with E-state index in [-0.39, 0.29) is 12.5 Å². The van der Waals surface area contributed by atoms with Gasteiger partial charge in [0, 0.05) is 54.6 Å². The number of piperidine rings is 1. The van der Waals surface area contributed by atoms with Crippen LogP contribution in [0.2, 0.25) is 5.02 Å². The van der Waals surface area contributed by atoms with Crippen molar-refractivity contribution in [2.24, 2.45) is 0 Å². The molecule has 0 spiro atoms. The third kappa shape index (κ3) is 5.71. The van der Waals surface area contributed by atoms with E-state index in [1.807, 2.05) is 18.2 Å². The molecule has 2 amide bonds. The van der Waals surface area contributed by atoms with Crippen molar-refractivity contribution in [3.05, 3.63) is 65.3 Å². The van der Waals surface area contributed by atoms with Gasteiger partial charge in [0.2, 0.25) is 11.9 Å². The summed E-state index contributed by atoms with van der Waals surface area (Å²) in [6, 6.07) is 17.3. The van der Waals surface area contributed by atoms with Crippen LogP contribution < -0.4 is 15.5 Å². The van der Waals surface area contributed by atoms with Gasteiger partial charge in [-0.25, -0.2) is 9.97 Å². The molecule has 3 aromatic rings. The van der Waals surface area contributed by atoms with Crippen LogP contribution in [-0.2, 0) is 4.79 Å². The van der Waals surface area contributed by atoms with Gasteiger partial charge in [-0.2, -0.15) is 5.26 Å². The summed E-state index contributed by atoms with van der Waals surface area (Å²) < 4.78 is 0. The average Bonchev–Trinajstić information content (AvgIpc) is 3.39. The van der Waals surface area contributed by atoms with E-state index in [0.29, 0.717) is 40.6 Å². The molecular formula is C28H28ClN7O2. The molecule has 2 aromatic carbocycles. The Labute approximate surface area is 226 Å². The summed E-state index contributed by atoms with van der Waals surface area (Å²) in [7, 11) is 0. The molecule has 194 valence electrons. The second-order valence-electron chi connectivity index (χ2n) is 9.39. The molecular weight excluding hydrogens is 502 g/mol. The molecule has 10 heteroatoms. The summed E-state index contributed by atoms with van der Waals surface area (Å²) in [4.78, 5) is 37.4. The second kappa shape index (κ2) is 11.5. The van der Waals surface area contributed by atoms with Crippen molar-refractivity contribution in [3.8, 4) is 17.3 Å². The van der Waals surface area contributed by atoms with Crippen LogP contribution in [0.5, 0.6) is 0 Å². The van der Waals surface area contributed by atoms with E-state index in [9.17, 15) is 9.59 Å². The fourth-order valence-electron chi connectivity index (χ4n) is 5.01. The number of rotatable bonds is 7. The first-order valence-electron chi connectivity index (χ1n) is 12.7. The molecule has 0 atom stereocenters. The van der Waals surface area contributed by atoms with Gasteiger partial charge in [-0.1, -0.05) is 23.7 Å². The van der Waals surface area contributed by atoms with Crippen LogP contribution in [0.15, 0.2) is 54.7 Å². The van der Waals surface area contributed by atoms with Crippen LogP contribution in [0, 0.1) is 11.3 Å². The summed E-state index contributed by atoms with van der Waals surface area (Å²) in [6.07, 6.45) is 5.23. The Morgan fingerprint density at radius 1 is 1.08 bits per heavy atom. The van der Waals surface area contributed by atoms with Crippen LogP contribution in [0.4, 0.5) is 17.3 Å². The molecule has 2 aliphatic heterocycles. The summed E-state index contributed by atoms with van der Waals surface area (Å²) >= 11 is 6.38. The molecule has 1 aromatic heterocycles. The molecule has 2 saturated heterocycles. The molecule has 0 saturated carbocycles. The standard InChI is InChI=1S/C28H28ClN7O2/c29-24-18-32-28(34-26(24)19-3-5-20(6-4-19)27(38)31-14-13-30)33-21-7-9-22(10-8-21)35-16-11-23(12-17-35)36-15-1-2-25(36)37/h3-10,18,23H,1-2,11-12,14-17H2,(H,31,38)(H,32,33,34). The van der Waals surface area contributed by atoms with Crippen LogP contribution in [0.3, 0.4) is 0 Å². The number of carbonyl (C=O) groups excluding carboxylic acids is 2. The molecule has 38 heavy (non-hydrogen) atoms. The normalized spacial score (nSPS) is 15.8. The number of halogens is 1. The minimum absolute atomic E-state index is 0.0479. The van der Waals surface area contributed by atoms with Crippen molar-refractivity contribution in [1.29, 1.82) is 5.26 Å². The number of hydrogen-bond donors (Lipinski definition) is 2. The Bertz CT molecular complexity index is 1350. The molecule has 5 rings (SSSR count). The topological polar surface area (TPSA) is 114 Å². The Kier molecular flexibility index (Phi) is 7.70. The molecule has 2 aliphatic rings. The Hall–Kier alpha value is -4.16. The van der Waals surface area contributed by atoms with Crippen molar-refractivity contribution >= 4 is 40.7 Å². The van der Waals surface area contributed by atoms with Crippen LogP contribution >= 0.6 is 11.6 Å². The fraction of sp³-hybridized carbons (Fsp3) is 0.321. The monoisotopic (exact) mass is 529 g/mol. The van der Waals surface area contributed by atoms with Gasteiger partial charge in [0.05, 0.1) is 23.0 Å². The molecule has 0 aliphatic carbocycles. The number of anilines is 3. The van der Waals surface area contributed by atoms with Gasteiger partial charge in [-0.05, 0) is 55.7 Å². The number of nitrogens with one attached hydrogen (secondary N) is 2. The van der Waals surface area contributed by atoms with Gasteiger partial charge in [0.1, 0.15) is 6.54 Å². The zero-order valence-corrected chi connectivity index (χ0v) is 21.6. The summed E-state index contributed by atoms with van der Waals surface area (Å²) in [5, 5.41) is 14.8. The first-order chi connectivity index (χ1) is 18.5. The predicted octanol–water partition coefficient (Wildman–Crippen LogP) is 4.39. The maximum Gasteiger partial charge on any atom is 0.252 e. The summed E-state index contributed by atoms with van der Waals surface area (Å²) in [5.74, 6) is 0.399. The molecule has 0 unspecified atom stereocenters. The maximum absolute atomic E-state index is 12.1. The van der Waals surface area contributed by atoms with Crippen LogP contribution in [-0.4, -0.2) is 58.9 Å². The van der Waals surface area contributed by atoms with Gasteiger partial charge >= 0.3 is 0 Å². The third-order valence-corrected chi connectivity index (χ3v) is 7.27. The molecule has 3 heterocycles. The van der Waals surface area contributed by atoms with Crippen molar-refractivity contribution in [1.82, 2.24) is 20.2 Å². The number of nitrogens with zero attached hydrogens (tertiary/aromatic N) is 5. The Morgan fingerprint density at radius 2 is 1.82 bits per heavy atom. The van der Waals surface area contributed by atoms with Gasteiger partial charge in [-0.3, -0.25) is 9.59 Å². The number of hydrogen-bond acceptors (Lipinski definition) is 7. The zero-order chi connectivity index (χ0) is 26.5. The van der Waals surface area contributed by atoms with Gasteiger partial charge in [-0.15, -0.1) is 0 Å². The fourth-order valence-corrected chi connectivity index (χ4v) is 5.21. The summed E-state index contributed by atoms with van der Waals surface area (Å²) in [6.45, 7) is 2.73. The molecule has 9 nitrogen and oxygen atoms in total. The van der Waals surface area contributed by atoms with Crippen molar-refractivity contribution in [2.75, 3.05) is 36.4 Å². The first-order valence-corrected chi connectivity index (χ1v) is 13.1. The number of amides is 2. The number of nitriles is 1. The van der Waals surface area contributed by atoms with Crippen LogP contribution in [0.25, 0.3) is 11.3 Å². The highest BCUT2D eigenvalue weighted by molar-refractivity contribution is 6.32.